The normalized spacial score (nSPS) is 22.0. The first-order valence-corrected chi connectivity index (χ1v) is 7.56. The third-order valence-electron chi connectivity index (χ3n) is 4.07. The van der Waals surface area contributed by atoms with E-state index in [1.807, 2.05) is 41.9 Å². The highest BCUT2D eigenvalue weighted by molar-refractivity contribution is 5.75. The molecule has 120 valence electrons. The Labute approximate surface area is 134 Å². The summed E-state index contributed by atoms with van der Waals surface area (Å²) in [7, 11) is 1.36. The van der Waals surface area contributed by atoms with Crippen LogP contribution in [0, 0.1) is 11.3 Å². The third-order valence-corrected chi connectivity index (χ3v) is 4.07. The average Bonchev–Trinajstić information content (AvgIpc) is 2.90. The number of carbonyl (C=O) groups excluding carboxylic acids is 1. The van der Waals surface area contributed by atoms with E-state index in [2.05, 4.69) is 11.0 Å². The number of methoxy groups -OCH3 is 1. The lowest BCUT2D eigenvalue weighted by molar-refractivity contribution is -0.166. The van der Waals surface area contributed by atoms with Crippen molar-refractivity contribution in [3.63, 3.8) is 0 Å². The zero-order valence-electron chi connectivity index (χ0n) is 13.2. The minimum atomic E-state index is -0.577. The molecule has 1 unspecified atom stereocenters. The van der Waals surface area contributed by atoms with Crippen molar-refractivity contribution < 1.29 is 14.3 Å². The van der Waals surface area contributed by atoms with Crippen LogP contribution in [0.2, 0.25) is 0 Å². The fourth-order valence-corrected chi connectivity index (χ4v) is 3.10. The molecule has 2 aromatic rings. The van der Waals surface area contributed by atoms with E-state index in [-0.39, 0.29) is 12.1 Å². The van der Waals surface area contributed by atoms with E-state index in [1.165, 1.54) is 7.11 Å². The largest absolute Gasteiger partial charge is 0.467 e. The van der Waals surface area contributed by atoms with E-state index in [0.29, 0.717) is 25.2 Å². The number of nitriles is 1. The van der Waals surface area contributed by atoms with Crippen LogP contribution in [0.15, 0.2) is 30.6 Å². The number of hydrogen-bond donors (Lipinski definition) is 0. The van der Waals surface area contributed by atoms with Crippen LogP contribution in [0.4, 0.5) is 0 Å². The molecule has 3 heterocycles. The predicted octanol–water partition coefficient (Wildman–Crippen LogP) is 1.57. The second-order valence-electron chi connectivity index (χ2n) is 5.79. The number of aromatic nitrogens is 1. The number of hydrogen-bond acceptors (Lipinski definition) is 5. The maximum absolute atomic E-state index is 11.7. The van der Waals surface area contributed by atoms with Gasteiger partial charge in [-0.3, -0.25) is 4.90 Å². The summed E-state index contributed by atoms with van der Waals surface area (Å²) in [6.45, 7) is 3.72. The molecule has 1 aliphatic rings. The molecule has 3 rings (SSSR count). The maximum Gasteiger partial charge on any atom is 0.336 e. The van der Waals surface area contributed by atoms with E-state index in [0.717, 1.165) is 11.1 Å². The van der Waals surface area contributed by atoms with E-state index >= 15 is 0 Å². The summed E-state index contributed by atoms with van der Waals surface area (Å²) in [6.07, 6.45) is 3.27. The lowest BCUT2D eigenvalue weighted by atomic mass is 10.1. The molecule has 1 aliphatic heterocycles. The number of morpholine rings is 1. The summed E-state index contributed by atoms with van der Waals surface area (Å²) < 4.78 is 12.4. The van der Waals surface area contributed by atoms with Gasteiger partial charge in [0.15, 0.2) is 6.10 Å². The van der Waals surface area contributed by atoms with Gasteiger partial charge in [-0.2, -0.15) is 5.26 Å². The van der Waals surface area contributed by atoms with E-state index in [1.54, 1.807) is 0 Å². The fourth-order valence-electron chi connectivity index (χ4n) is 3.10. The van der Waals surface area contributed by atoms with Gasteiger partial charge in [-0.05, 0) is 19.1 Å². The molecule has 6 heteroatoms. The summed E-state index contributed by atoms with van der Waals surface area (Å²) in [4.78, 5) is 13.9. The van der Waals surface area contributed by atoms with Crippen molar-refractivity contribution in [1.29, 1.82) is 5.26 Å². The molecule has 0 radical (unpaired) electrons. The summed E-state index contributed by atoms with van der Waals surface area (Å²) in [5.41, 5.74) is 2.53. The molecule has 0 bridgehead atoms. The van der Waals surface area contributed by atoms with Gasteiger partial charge < -0.3 is 13.9 Å². The maximum atomic E-state index is 11.7. The number of ether oxygens (including phenoxy) is 2. The van der Waals surface area contributed by atoms with Crippen LogP contribution in [-0.2, 0) is 20.8 Å². The molecule has 2 atom stereocenters. The van der Waals surface area contributed by atoms with E-state index < -0.39 is 6.10 Å². The Balaban J connectivity index is 1.84. The van der Waals surface area contributed by atoms with Crippen LogP contribution in [-0.4, -0.2) is 47.7 Å². The van der Waals surface area contributed by atoms with E-state index in [4.69, 9.17) is 9.47 Å². The molecule has 2 aromatic heterocycles. The first kappa shape index (κ1) is 15.5. The molecule has 6 nitrogen and oxygen atoms in total. The smallest absolute Gasteiger partial charge is 0.336 e. The zero-order chi connectivity index (χ0) is 16.4. The topological polar surface area (TPSA) is 67.0 Å². The van der Waals surface area contributed by atoms with Crippen LogP contribution >= 0.6 is 0 Å². The second-order valence-corrected chi connectivity index (χ2v) is 5.79. The van der Waals surface area contributed by atoms with Crippen molar-refractivity contribution in [2.24, 2.45) is 0 Å². The molecule has 0 amide bonds. The molecule has 23 heavy (non-hydrogen) atoms. The van der Waals surface area contributed by atoms with Crippen LogP contribution < -0.4 is 0 Å². The number of carbonyl (C=O) groups is 1. The summed E-state index contributed by atoms with van der Waals surface area (Å²) in [5.74, 6) is -0.357. The van der Waals surface area contributed by atoms with Gasteiger partial charge >= 0.3 is 5.97 Å². The first-order valence-electron chi connectivity index (χ1n) is 7.56. The summed E-state index contributed by atoms with van der Waals surface area (Å²) >= 11 is 0. The second kappa shape index (κ2) is 6.41. The SMILES string of the molecule is COC(=O)C1CN(Cc2cn3ccccc3c2C#N)C[C@@H](C)O1. The number of rotatable bonds is 3. The third kappa shape index (κ3) is 3.07. The minimum Gasteiger partial charge on any atom is -0.467 e. The Kier molecular flexibility index (Phi) is 4.33. The van der Waals surface area contributed by atoms with Crippen LogP contribution in [0.25, 0.3) is 5.52 Å². The standard InChI is InChI=1S/C17H19N3O3/c1-12-8-19(11-16(23-12)17(21)22-2)9-13-10-20-6-4-3-5-15(20)14(13)7-18/h3-6,10,12,16H,8-9,11H2,1-2H3/t12-,16?/m1/s1. The van der Waals surface area contributed by atoms with Gasteiger partial charge in [-0.15, -0.1) is 0 Å². The van der Waals surface area contributed by atoms with Crippen molar-refractivity contribution in [3.8, 4) is 6.07 Å². The first-order chi connectivity index (χ1) is 11.1. The molecule has 1 fully saturated rings. The van der Waals surface area contributed by atoms with Crippen molar-refractivity contribution >= 4 is 11.5 Å². The van der Waals surface area contributed by atoms with Gasteiger partial charge in [0.1, 0.15) is 6.07 Å². The van der Waals surface area contributed by atoms with Gasteiger partial charge in [0.2, 0.25) is 0 Å². The summed E-state index contributed by atoms with van der Waals surface area (Å²) in [6, 6.07) is 8.08. The number of pyridine rings is 1. The van der Waals surface area contributed by atoms with Gasteiger partial charge in [0.25, 0.3) is 0 Å². The van der Waals surface area contributed by atoms with Gasteiger partial charge in [0, 0.05) is 37.6 Å². The fraction of sp³-hybridized carbons (Fsp3) is 0.412. The molecule has 0 aliphatic carbocycles. The molecule has 1 saturated heterocycles. The van der Waals surface area contributed by atoms with Crippen LogP contribution in [0.3, 0.4) is 0 Å². The monoisotopic (exact) mass is 313 g/mol. The van der Waals surface area contributed by atoms with Crippen molar-refractivity contribution in [2.75, 3.05) is 20.2 Å². The quantitative estimate of drug-likeness (QED) is 0.805. The molecule has 0 spiro atoms. The lowest BCUT2D eigenvalue weighted by Gasteiger charge is -2.35. The highest BCUT2D eigenvalue weighted by Gasteiger charge is 2.31. The summed E-state index contributed by atoms with van der Waals surface area (Å²) in [5, 5.41) is 9.48. The minimum absolute atomic E-state index is 0.0598. The molecule has 0 aromatic carbocycles. The van der Waals surface area contributed by atoms with Crippen LogP contribution in [0.1, 0.15) is 18.1 Å². The number of esters is 1. The Morgan fingerprint density at radius 2 is 2.30 bits per heavy atom. The molecular weight excluding hydrogens is 294 g/mol. The Bertz CT molecular complexity index is 762. The van der Waals surface area contributed by atoms with Crippen molar-refractivity contribution in [3.05, 3.63) is 41.7 Å². The Morgan fingerprint density at radius 1 is 1.48 bits per heavy atom. The Morgan fingerprint density at radius 3 is 3.04 bits per heavy atom. The van der Waals surface area contributed by atoms with Gasteiger partial charge in [0.05, 0.1) is 24.3 Å². The molecule has 0 N–H and O–H groups in total. The predicted molar refractivity (Wildman–Crippen MR) is 83.7 cm³/mol. The molecule has 0 saturated carbocycles. The molecular formula is C17H19N3O3. The van der Waals surface area contributed by atoms with Crippen molar-refractivity contribution in [1.82, 2.24) is 9.30 Å². The van der Waals surface area contributed by atoms with Gasteiger partial charge in [-0.1, -0.05) is 6.07 Å². The number of fused-ring (bicyclic) bond motifs is 1. The Hall–Kier alpha value is -2.36. The van der Waals surface area contributed by atoms with Gasteiger partial charge in [-0.25, -0.2) is 4.79 Å². The number of nitrogens with zero attached hydrogens (tertiary/aromatic N) is 3. The van der Waals surface area contributed by atoms with E-state index in [9.17, 15) is 10.1 Å². The highest BCUT2D eigenvalue weighted by Crippen LogP contribution is 2.21. The van der Waals surface area contributed by atoms with Crippen molar-refractivity contribution in [2.45, 2.75) is 25.7 Å². The highest BCUT2D eigenvalue weighted by atomic mass is 16.6. The lowest BCUT2D eigenvalue weighted by Crippen LogP contribution is -2.49. The van der Waals surface area contributed by atoms with Crippen LogP contribution in [0.5, 0.6) is 0 Å². The zero-order valence-corrected chi connectivity index (χ0v) is 13.2. The average molecular weight is 313 g/mol.